The van der Waals surface area contributed by atoms with Gasteiger partial charge in [0.05, 0.1) is 6.54 Å². The Bertz CT molecular complexity index is 790. The number of carbonyl (C=O) groups excluding carboxylic acids is 1. The lowest BCUT2D eigenvalue weighted by molar-refractivity contribution is -0.147. The lowest BCUT2D eigenvalue weighted by Crippen LogP contribution is -2.65. The van der Waals surface area contributed by atoms with Gasteiger partial charge in [0.1, 0.15) is 23.2 Å². The van der Waals surface area contributed by atoms with Crippen LogP contribution in [0.25, 0.3) is 0 Å². The minimum atomic E-state index is -0.444. The van der Waals surface area contributed by atoms with E-state index in [1.807, 2.05) is 12.1 Å². The van der Waals surface area contributed by atoms with E-state index in [0.717, 1.165) is 5.56 Å². The van der Waals surface area contributed by atoms with Crippen LogP contribution >= 0.6 is 11.8 Å². The predicted molar refractivity (Wildman–Crippen MR) is 88.0 cm³/mol. The second-order valence-electron chi connectivity index (χ2n) is 6.65. The van der Waals surface area contributed by atoms with Crippen molar-refractivity contribution in [1.29, 1.82) is 0 Å². The number of hydrogen-bond acceptors (Lipinski definition) is 7. The van der Waals surface area contributed by atoms with Crippen LogP contribution in [0.5, 0.6) is 5.75 Å². The number of nitrogens with zero attached hydrogens (tertiary/aromatic N) is 5. The van der Waals surface area contributed by atoms with Gasteiger partial charge in [-0.25, -0.2) is 4.68 Å². The number of hydrogen-bond donors (Lipinski definition) is 2. The number of amides is 1. The fourth-order valence-electron chi connectivity index (χ4n) is 3.35. The molecule has 1 aromatic carbocycles. The number of phenols is 1. The van der Waals surface area contributed by atoms with Crippen LogP contribution in [0.3, 0.4) is 0 Å². The molecule has 2 aliphatic heterocycles. The van der Waals surface area contributed by atoms with Gasteiger partial charge in [0.15, 0.2) is 5.82 Å². The predicted octanol–water partition coefficient (Wildman–Crippen LogP) is 0.489. The van der Waals surface area contributed by atoms with E-state index in [9.17, 15) is 9.90 Å². The van der Waals surface area contributed by atoms with E-state index < -0.39 is 6.04 Å². The molecule has 0 spiro atoms. The molecule has 3 N–H and O–H groups in total. The number of aromatic hydroxyl groups is 1. The molecule has 2 fully saturated rings. The van der Waals surface area contributed by atoms with E-state index in [0.29, 0.717) is 12.4 Å². The van der Waals surface area contributed by atoms with Gasteiger partial charge in [-0.15, -0.1) is 16.9 Å². The maximum Gasteiger partial charge on any atom is 0.244 e. The molecule has 4 rings (SSSR count). The fraction of sp³-hybridized carbons (Fsp3) is 0.467. The van der Waals surface area contributed by atoms with Crippen LogP contribution in [0.2, 0.25) is 0 Å². The molecule has 126 valence electrons. The number of thioether (sulfide) groups is 1. The molecule has 3 atom stereocenters. The van der Waals surface area contributed by atoms with Crippen molar-refractivity contribution in [2.24, 2.45) is 5.73 Å². The summed E-state index contributed by atoms with van der Waals surface area (Å²) < 4.78 is 1.48. The first-order chi connectivity index (χ1) is 11.4. The molecule has 0 saturated carbocycles. The van der Waals surface area contributed by atoms with Crippen molar-refractivity contribution < 1.29 is 9.90 Å². The number of β-lactam (4-membered cyclic amide) rings is 1. The van der Waals surface area contributed by atoms with Crippen LogP contribution in [0, 0.1) is 0 Å². The Morgan fingerprint density at radius 3 is 2.75 bits per heavy atom. The molecule has 0 bridgehead atoms. The highest BCUT2D eigenvalue weighted by Gasteiger charge is 2.61. The molecule has 24 heavy (non-hydrogen) atoms. The van der Waals surface area contributed by atoms with E-state index in [2.05, 4.69) is 29.4 Å². The highest BCUT2D eigenvalue weighted by atomic mass is 32.2. The molecular weight excluding hydrogens is 328 g/mol. The van der Waals surface area contributed by atoms with E-state index in [4.69, 9.17) is 5.73 Å². The fourth-order valence-corrected chi connectivity index (χ4v) is 4.93. The standard InChI is InChI=1S/C15H18N6O2S/c1-15(2)11(21-13(23)10(16)14(21)24-15)12-17-18-19-20(12)7-8-3-5-9(22)6-4-8/h3-6,10-11,14,22H,7,16H2,1-2H3/t10?,11?,14-/m0/s1. The van der Waals surface area contributed by atoms with Crippen LogP contribution in [-0.2, 0) is 11.3 Å². The smallest absolute Gasteiger partial charge is 0.244 e. The van der Waals surface area contributed by atoms with Gasteiger partial charge in [0, 0.05) is 4.75 Å². The van der Waals surface area contributed by atoms with E-state index in [1.54, 1.807) is 33.5 Å². The molecule has 1 amide bonds. The lowest BCUT2D eigenvalue weighted by Gasteiger charge is -2.42. The van der Waals surface area contributed by atoms with Gasteiger partial charge in [-0.3, -0.25) is 4.79 Å². The summed E-state index contributed by atoms with van der Waals surface area (Å²) in [5, 5.41) is 21.5. The summed E-state index contributed by atoms with van der Waals surface area (Å²) in [4.78, 5) is 14.0. The van der Waals surface area contributed by atoms with Crippen molar-refractivity contribution in [3.05, 3.63) is 35.7 Å². The molecule has 0 aliphatic carbocycles. The second kappa shape index (κ2) is 5.18. The topological polar surface area (TPSA) is 110 Å². The molecule has 3 heterocycles. The van der Waals surface area contributed by atoms with Gasteiger partial charge < -0.3 is 15.7 Å². The molecule has 2 saturated heterocycles. The van der Waals surface area contributed by atoms with Crippen LogP contribution in [-0.4, -0.2) is 52.3 Å². The van der Waals surface area contributed by atoms with E-state index >= 15 is 0 Å². The third-order valence-corrected chi connectivity index (χ3v) is 6.15. The summed E-state index contributed by atoms with van der Waals surface area (Å²) in [5.74, 6) is 0.817. The van der Waals surface area contributed by atoms with Crippen molar-refractivity contribution in [2.45, 2.75) is 42.6 Å². The van der Waals surface area contributed by atoms with Crippen molar-refractivity contribution in [2.75, 3.05) is 0 Å². The van der Waals surface area contributed by atoms with Crippen LogP contribution in [0.4, 0.5) is 0 Å². The number of nitrogens with two attached hydrogens (primary N) is 1. The van der Waals surface area contributed by atoms with Gasteiger partial charge >= 0.3 is 0 Å². The Balaban J connectivity index is 1.66. The molecule has 0 radical (unpaired) electrons. The first-order valence-electron chi connectivity index (χ1n) is 7.68. The van der Waals surface area contributed by atoms with Crippen LogP contribution in [0.1, 0.15) is 31.3 Å². The maximum absolute atomic E-state index is 12.2. The minimum Gasteiger partial charge on any atom is -0.508 e. The first kappa shape index (κ1) is 15.4. The van der Waals surface area contributed by atoms with E-state index in [1.165, 1.54) is 0 Å². The zero-order valence-corrected chi connectivity index (χ0v) is 14.1. The van der Waals surface area contributed by atoms with Gasteiger partial charge in [-0.1, -0.05) is 12.1 Å². The Kier molecular flexibility index (Phi) is 3.33. The lowest BCUT2D eigenvalue weighted by atomic mass is 9.95. The molecule has 2 unspecified atom stereocenters. The number of fused-ring (bicyclic) bond motifs is 1. The molecule has 9 heteroatoms. The molecule has 2 aliphatic rings. The number of tetrazole rings is 1. The van der Waals surface area contributed by atoms with E-state index in [-0.39, 0.29) is 27.8 Å². The third-order valence-electron chi connectivity index (χ3n) is 4.56. The number of phenolic OH excluding ortho intramolecular Hbond substituents is 1. The van der Waals surface area contributed by atoms with Crippen LogP contribution in [0.15, 0.2) is 24.3 Å². The van der Waals surface area contributed by atoms with Crippen molar-refractivity contribution in [1.82, 2.24) is 25.1 Å². The first-order valence-corrected chi connectivity index (χ1v) is 8.56. The zero-order valence-electron chi connectivity index (χ0n) is 13.3. The summed E-state index contributed by atoms with van der Waals surface area (Å²) in [6.07, 6.45) is 0. The number of carbonyl (C=O) groups is 1. The Morgan fingerprint density at radius 2 is 2.04 bits per heavy atom. The monoisotopic (exact) mass is 346 g/mol. The van der Waals surface area contributed by atoms with Gasteiger partial charge in [0.2, 0.25) is 5.91 Å². The molecule has 8 nitrogen and oxygen atoms in total. The zero-order chi connectivity index (χ0) is 17.1. The molecular formula is C15H18N6O2S. The normalized spacial score (nSPS) is 27.9. The maximum atomic E-state index is 12.2. The quantitative estimate of drug-likeness (QED) is 0.778. The molecule has 1 aromatic heterocycles. The second-order valence-corrected chi connectivity index (χ2v) is 8.42. The number of aromatic nitrogens is 4. The van der Waals surface area contributed by atoms with Gasteiger partial charge in [-0.2, -0.15) is 0 Å². The van der Waals surface area contributed by atoms with Crippen molar-refractivity contribution in [3.8, 4) is 5.75 Å². The summed E-state index contributed by atoms with van der Waals surface area (Å²) in [6.45, 7) is 4.64. The van der Waals surface area contributed by atoms with Gasteiger partial charge in [-0.05, 0) is 42.0 Å². The SMILES string of the molecule is CC1(C)S[C@H]2C(N)C(=O)N2C1c1nnnn1Cc1ccc(O)cc1. The Morgan fingerprint density at radius 1 is 1.33 bits per heavy atom. The Labute approximate surface area is 143 Å². The largest absolute Gasteiger partial charge is 0.508 e. The summed E-state index contributed by atoms with van der Waals surface area (Å²) in [7, 11) is 0. The molecule has 2 aromatic rings. The minimum absolute atomic E-state index is 0.0173. The highest BCUT2D eigenvalue weighted by Crippen LogP contribution is 2.56. The van der Waals surface area contributed by atoms with Crippen LogP contribution < -0.4 is 5.73 Å². The Hall–Kier alpha value is -2.13. The summed E-state index contributed by atoms with van der Waals surface area (Å²) in [5.41, 5.74) is 6.89. The third kappa shape index (κ3) is 2.19. The highest BCUT2D eigenvalue weighted by molar-refractivity contribution is 8.01. The van der Waals surface area contributed by atoms with Crippen molar-refractivity contribution >= 4 is 17.7 Å². The summed E-state index contributed by atoms with van der Waals surface area (Å²) in [6, 6.07) is 6.24. The average molecular weight is 346 g/mol. The number of benzene rings is 1. The average Bonchev–Trinajstić information content (AvgIpc) is 3.09. The van der Waals surface area contributed by atoms with Crippen molar-refractivity contribution in [3.63, 3.8) is 0 Å². The number of rotatable bonds is 3. The van der Waals surface area contributed by atoms with Gasteiger partial charge in [0.25, 0.3) is 0 Å². The summed E-state index contributed by atoms with van der Waals surface area (Å²) >= 11 is 1.69.